The molecule has 134 valence electrons. The third-order valence-electron chi connectivity index (χ3n) is 4.50. The van der Waals surface area contributed by atoms with E-state index in [0.717, 1.165) is 37.6 Å². The van der Waals surface area contributed by atoms with Gasteiger partial charge in [-0.25, -0.2) is 8.78 Å². The molecule has 6 heteroatoms. The Morgan fingerprint density at radius 1 is 1.25 bits per heavy atom. The molecule has 0 amide bonds. The molecule has 4 nitrogen and oxygen atoms in total. The van der Waals surface area contributed by atoms with Crippen LogP contribution in [0.25, 0.3) is 0 Å². The molecule has 0 radical (unpaired) electrons. The number of hydrogen-bond acceptors (Lipinski definition) is 2. The fourth-order valence-electron chi connectivity index (χ4n) is 2.87. The van der Waals surface area contributed by atoms with Gasteiger partial charge in [-0.15, -0.1) is 0 Å². The van der Waals surface area contributed by atoms with E-state index in [9.17, 15) is 8.78 Å². The van der Waals surface area contributed by atoms with E-state index < -0.39 is 11.6 Å². The molecular weight excluding hydrogens is 310 g/mol. The number of nitrogens with zero attached hydrogens (tertiary/aromatic N) is 2. The Hall–Kier alpha value is -1.69. The van der Waals surface area contributed by atoms with E-state index in [4.69, 9.17) is 0 Å². The van der Waals surface area contributed by atoms with Gasteiger partial charge >= 0.3 is 0 Å². The number of likely N-dealkylation sites (tertiary alicyclic amines) is 1. The Morgan fingerprint density at radius 2 is 2.00 bits per heavy atom. The molecule has 1 aromatic carbocycles. The van der Waals surface area contributed by atoms with E-state index in [1.807, 2.05) is 0 Å². The van der Waals surface area contributed by atoms with E-state index >= 15 is 0 Å². The van der Waals surface area contributed by atoms with Gasteiger partial charge in [-0.3, -0.25) is 4.99 Å². The van der Waals surface area contributed by atoms with Crippen LogP contribution < -0.4 is 10.6 Å². The van der Waals surface area contributed by atoms with Gasteiger partial charge in [0.25, 0.3) is 0 Å². The summed E-state index contributed by atoms with van der Waals surface area (Å²) in [5.74, 6) is 0.599. The Bertz CT molecular complexity index is 540. The summed E-state index contributed by atoms with van der Waals surface area (Å²) < 4.78 is 26.7. The lowest BCUT2D eigenvalue weighted by Crippen LogP contribution is -2.39. The van der Waals surface area contributed by atoms with E-state index in [1.165, 1.54) is 32.0 Å². The number of hydrogen-bond donors (Lipinski definition) is 2. The SMILES string of the molecule is CN=C(NCCCN1CCC(C)CC1)NCc1cc(F)ccc1F. The topological polar surface area (TPSA) is 39.7 Å². The van der Waals surface area contributed by atoms with Gasteiger partial charge in [-0.05, 0) is 63.0 Å². The summed E-state index contributed by atoms with van der Waals surface area (Å²) >= 11 is 0. The highest BCUT2D eigenvalue weighted by Crippen LogP contribution is 2.15. The maximum Gasteiger partial charge on any atom is 0.191 e. The van der Waals surface area contributed by atoms with Crippen molar-refractivity contribution in [1.29, 1.82) is 0 Å². The number of piperidine rings is 1. The van der Waals surface area contributed by atoms with Gasteiger partial charge in [0.15, 0.2) is 5.96 Å². The average Bonchev–Trinajstić information content (AvgIpc) is 2.58. The summed E-state index contributed by atoms with van der Waals surface area (Å²) in [6.45, 7) is 6.77. The second kappa shape index (κ2) is 9.57. The minimum atomic E-state index is -0.438. The summed E-state index contributed by atoms with van der Waals surface area (Å²) in [7, 11) is 1.67. The van der Waals surface area contributed by atoms with Crippen LogP contribution in [0.3, 0.4) is 0 Å². The Labute approximate surface area is 143 Å². The van der Waals surface area contributed by atoms with Crippen molar-refractivity contribution < 1.29 is 8.78 Å². The Morgan fingerprint density at radius 3 is 2.71 bits per heavy atom. The normalized spacial score (nSPS) is 17.1. The fourth-order valence-corrected chi connectivity index (χ4v) is 2.87. The van der Waals surface area contributed by atoms with E-state index in [-0.39, 0.29) is 6.54 Å². The van der Waals surface area contributed by atoms with E-state index in [1.54, 1.807) is 7.05 Å². The Kier molecular flexibility index (Phi) is 7.43. The van der Waals surface area contributed by atoms with Crippen molar-refractivity contribution in [2.45, 2.75) is 32.7 Å². The van der Waals surface area contributed by atoms with Crippen LogP contribution in [0.1, 0.15) is 31.7 Å². The van der Waals surface area contributed by atoms with Crippen molar-refractivity contribution in [2.75, 3.05) is 33.2 Å². The van der Waals surface area contributed by atoms with Crippen LogP contribution in [-0.2, 0) is 6.54 Å². The first-order valence-electron chi connectivity index (χ1n) is 8.69. The third-order valence-corrected chi connectivity index (χ3v) is 4.50. The number of nitrogens with one attached hydrogen (secondary N) is 2. The minimum absolute atomic E-state index is 0.202. The molecule has 0 aliphatic carbocycles. The zero-order valence-electron chi connectivity index (χ0n) is 14.6. The average molecular weight is 338 g/mol. The molecule has 0 aromatic heterocycles. The van der Waals surface area contributed by atoms with Gasteiger partial charge in [0.05, 0.1) is 0 Å². The predicted molar refractivity (Wildman–Crippen MR) is 94.0 cm³/mol. The molecule has 2 N–H and O–H groups in total. The summed E-state index contributed by atoms with van der Waals surface area (Å²) in [5.41, 5.74) is 0.292. The van der Waals surface area contributed by atoms with Crippen molar-refractivity contribution in [3.05, 3.63) is 35.4 Å². The molecule has 0 atom stereocenters. The minimum Gasteiger partial charge on any atom is -0.356 e. The molecule has 1 heterocycles. The smallest absolute Gasteiger partial charge is 0.191 e. The van der Waals surface area contributed by atoms with Crippen LogP contribution >= 0.6 is 0 Å². The van der Waals surface area contributed by atoms with E-state index in [2.05, 4.69) is 27.4 Å². The number of halogens is 2. The zero-order valence-corrected chi connectivity index (χ0v) is 14.6. The molecule has 2 rings (SSSR count). The van der Waals surface area contributed by atoms with Crippen molar-refractivity contribution >= 4 is 5.96 Å². The second-order valence-corrected chi connectivity index (χ2v) is 6.47. The quantitative estimate of drug-likeness (QED) is 0.476. The monoisotopic (exact) mass is 338 g/mol. The maximum atomic E-state index is 13.6. The molecule has 0 saturated carbocycles. The lowest BCUT2D eigenvalue weighted by atomic mass is 9.99. The first-order valence-corrected chi connectivity index (χ1v) is 8.69. The lowest BCUT2D eigenvalue weighted by Gasteiger charge is -2.30. The van der Waals surface area contributed by atoms with Gasteiger partial charge in [-0.2, -0.15) is 0 Å². The number of guanidine groups is 1. The van der Waals surface area contributed by atoms with Crippen molar-refractivity contribution in [3.8, 4) is 0 Å². The summed E-state index contributed by atoms with van der Waals surface area (Å²) in [6.07, 6.45) is 3.61. The highest BCUT2D eigenvalue weighted by molar-refractivity contribution is 5.79. The molecule has 0 unspecified atom stereocenters. The van der Waals surface area contributed by atoms with Crippen LogP contribution in [0, 0.1) is 17.6 Å². The molecule has 1 aliphatic heterocycles. The van der Waals surface area contributed by atoms with Crippen molar-refractivity contribution in [3.63, 3.8) is 0 Å². The van der Waals surface area contributed by atoms with Crippen LogP contribution in [0.15, 0.2) is 23.2 Å². The van der Waals surface area contributed by atoms with Gasteiger partial charge in [0, 0.05) is 25.7 Å². The third kappa shape index (κ3) is 6.07. The lowest BCUT2D eigenvalue weighted by molar-refractivity contribution is 0.191. The number of benzene rings is 1. The van der Waals surface area contributed by atoms with Crippen LogP contribution in [-0.4, -0.2) is 44.1 Å². The summed E-state index contributed by atoms with van der Waals surface area (Å²) in [6, 6.07) is 3.46. The van der Waals surface area contributed by atoms with Crippen LogP contribution in [0.2, 0.25) is 0 Å². The predicted octanol–water partition coefficient (Wildman–Crippen LogP) is 2.75. The van der Waals surface area contributed by atoms with Gasteiger partial charge in [0.1, 0.15) is 11.6 Å². The van der Waals surface area contributed by atoms with Crippen molar-refractivity contribution in [1.82, 2.24) is 15.5 Å². The number of rotatable bonds is 6. The highest BCUT2D eigenvalue weighted by atomic mass is 19.1. The second-order valence-electron chi connectivity index (χ2n) is 6.47. The summed E-state index contributed by atoms with van der Waals surface area (Å²) in [5, 5.41) is 6.23. The van der Waals surface area contributed by atoms with Crippen molar-refractivity contribution in [2.24, 2.45) is 10.9 Å². The molecule has 0 spiro atoms. The zero-order chi connectivity index (χ0) is 17.4. The largest absolute Gasteiger partial charge is 0.356 e. The van der Waals surface area contributed by atoms with Gasteiger partial charge in [0.2, 0.25) is 0 Å². The van der Waals surface area contributed by atoms with E-state index in [0.29, 0.717) is 11.5 Å². The first-order chi connectivity index (χ1) is 11.6. The maximum absolute atomic E-state index is 13.6. The number of aliphatic imine (C=N–C) groups is 1. The van der Waals surface area contributed by atoms with Crippen LogP contribution in [0.5, 0.6) is 0 Å². The van der Waals surface area contributed by atoms with Gasteiger partial charge < -0.3 is 15.5 Å². The summed E-state index contributed by atoms with van der Waals surface area (Å²) in [4.78, 5) is 6.61. The molecule has 24 heavy (non-hydrogen) atoms. The first kappa shape index (κ1) is 18.6. The van der Waals surface area contributed by atoms with Crippen LogP contribution in [0.4, 0.5) is 8.78 Å². The molecule has 1 aromatic rings. The molecule has 1 aliphatic rings. The Balaban J connectivity index is 1.66. The molecular formula is C18H28F2N4. The standard InChI is InChI=1S/C18H28F2N4/c1-14-6-10-24(11-7-14)9-3-8-22-18(21-2)23-13-15-12-16(19)4-5-17(15)20/h4-5,12,14H,3,6-11,13H2,1-2H3,(H2,21,22,23). The molecule has 1 fully saturated rings. The van der Waals surface area contributed by atoms with Gasteiger partial charge in [-0.1, -0.05) is 6.92 Å². The highest BCUT2D eigenvalue weighted by Gasteiger charge is 2.14. The fraction of sp³-hybridized carbons (Fsp3) is 0.611. The molecule has 0 bridgehead atoms. The molecule has 1 saturated heterocycles.